The molecule has 0 aliphatic carbocycles. The lowest BCUT2D eigenvalue weighted by Crippen LogP contribution is -2.27. The summed E-state index contributed by atoms with van der Waals surface area (Å²) >= 11 is 3.37. The minimum absolute atomic E-state index is 0.0589. The Morgan fingerprint density at radius 2 is 1.85 bits per heavy atom. The zero-order valence-corrected chi connectivity index (χ0v) is 13.1. The number of anilines is 1. The van der Waals surface area contributed by atoms with Gasteiger partial charge in [0.05, 0.1) is 11.6 Å². The molecule has 0 fully saturated rings. The van der Waals surface area contributed by atoms with Crippen molar-refractivity contribution in [2.75, 3.05) is 5.73 Å². The van der Waals surface area contributed by atoms with Crippen molar-refractivity contribution in [3.63, 3.8) is 0 Å². The number of nitrogens with one attached hydrogen (secondary N) is 1. The number of hydrogen-bond acceptors (Lipinski definition) is 2. The average molecular weight is 333 g/mol. The standard InChI is InChI=1S/C16H17BrN2O/c1-10-3-5-12(6-4-10)11(2)19-16(20)14-9-13(18)7-8-15(14)17/h3-9,11H,18H2,1-2H3,(H,19,20)/t11-/m0/s1. The van der Waals surface area contributed by atoms with Crippen molar-refractivity contribution in [3.05, 3.63) is 63.6 Å². The van der Waals surface area contributed by atoms with Gasteiger partial charge in [0.25, 0.3) is 5.91 Å². The van der Waals surface area contributed by atoms with Crippen molar-refractivity contribution in [2.24, 2.45) is 0 Å². The monoisotopic (exact) mass is 332 g/mol. The summed E-state index contributed by atoms with van der Waals surface area (Å²) in [5.74, 6) is -0.141. The number of nitrogens with two attached hydrogens (primary N) is 1. The van der Waals surface area contributed by atoms with Gasteiger partial charge in [-0.2, -0.15) is 0 Å². The zero-order valence-electron chi connectivity index (χ0n) is 11.5. The van der Waals surface area contributed by atoms with Crippen molar-refractivity contribution in [3.8, 4) is 0 Å². The molecule has 2 aromatic carbocycles. The second-order valence-corrected chi connectivity index (χ2v) is 5.70. The van der Waals surface area contributed by atoms with E-state index in [-0.39, 0.29) is 11.9 Å². The maximum Gasteiger partial charge on any atom is 0.252 e. The molecule has 0 saturated heterocycles. The topological polar surface area (TPSA) is 55.1 Å². The molecular weight excluding hydrogens is 316 g/mol. The molecule has 104 valence electrons. The van der Waals surface area contributed by atoms with E-state index >= 15 is 0 Å². The first-order chi connectivity index (χ1) is 9.47. The smallest absolute Gasteiger partial charge is 0.252 e. The van der Waals surface area contributed by atoms with Crippen LogP contribution in [0.1, 0.15) is 34.5 Å². The summed E-state index contributed by atoms with van der Waals surface area (Å²) in [4.78, 5) is 12.3. The number of carbonyl (C=O) groups excluding carboxylic acids is 1. The average Bonchev–Trinajstić information content (AvgIpc) is 2.42. The number of rotatable bonds is 3. The highest BCUT2D eigenvalue weighted by molar-refractivity contribution is 9.10. The van der Waals surface area contributed by atoms with Crippen molar-refractivity contribution < 1.29 is 4.79 Å². The van der Waals surface area contributed by atoms with Crippen molar-refractivity contribution in [1.82, 2.24) is 5.32 Å². The van der Waals surface area contributed by atoms with Gasteiger partial charge in [0.1, 0.15) is 0 Å². The number of amides is 1. The largest absolute Gasteiger partial charge is 0.399 e. The molecule has 0 spiro atoms. The van der Waals surface area contributed by atoms with Crippen LogP contribution in [0.3, 0.4) is 0 Å². The summed E-state index contributed by atoms with van der Waals surface area (Å²) in [6.07, 6.45) is 0. The van der Waals surface area contributed by atoms with Crippen LogP contribution in [0.15, 0.2) is 46.9 Å². The Hall–Kier alpha value is -1.81. The minimum atomic E-state index is -0.141. The third kappa shape index (κ3) is 3.39. The van der Waals surface area contributed by atoms with Crippen LogP contribution in [-0.2, 0) is 0 Å². The van der Waals surface area contributed by atoms with Crippen LogP contribution < -0.4 is 11.1 Å². The van der Waals surface area contributed by atoms with Gasteiger partial charge >= 0.3 is 0 Å². The van der Waals surface area contributed by atoms with Crippen LogP contribution in [0.4, 0.5) is 5.69 Å². The number of aryl methyl sites for hydroxylation is 1. The highest BCUT2D eigenvalue weighted by Crippen LogP contribution is 2.21. The van der Waals surface area contributed by atoms with Crippen LogP contribution in [0.25, 0.3) is 0 Å². The van der Waals surface area contributed by atoms with Crippen LogP contribution in [0, 0.1) is 6.92 Å². The lowest BCUT2D eigenvalue weighted by Gasteiger charge is -2.15. The Morgan fingerprint density at radius 3 is 2.50 bits per heavy atom. The molecule has 1 amide bonds. The van der Waals surface area contributed by atoms with E-state index in [4.69, 9.17) is 5.73 Å². The molecule has 2 aromatic rings. The van der Waals surface area contributed by atoms with Crippen LogP contribution in [0.2, 0.25) is 0 Å². The summed E-state index contributed by atoms with van der Waals surface area (Å²) in [5.41, 5.74) is 9.11. The highest BCUT2D eigenvalue weighted by Gasteiger charge is 2.14. The lowest BCUT2D eigenvalue weighted by atomic mass is 10.1. The van der Waals surface area contributed by atoms with Crippen LogP contribution in [-0.4, -0.2) is 5.91 Å². The quantitative estimate of drug-likeness (QED) is 0.839. The third-order valence-corrected chi connectivity index (χ3v) is 3.85. The van der Waals surface area contributed by atoms with E-state index in [0.29, 0.717) is 11.3 Å². The van der Waals surface area contributed by atoms with Gasteiger partial charge in [-0.3, -0.25) is 4.79 Å². The molecule has 0 saturated carbocycles. The normalized spacial score (nSPS) is 11.9. The Balaban J connectivity index is 2.15. The molecule has 0 aliphatic heterocycles. The maximum absolute atomic E-state index is 12.3. The van der Waals surface area contributed by atoms with Crippen LogP contribution in [0.5, 0.6) is 0 Å². The molecule has 0 bridgehead atoms. The summed E-state index contributed by atoms with van der Waals surface area (Å²) < 4.78 is 0.736. The van der Waals surface area contributed by atoms with Crippen LogP contribution >= 0.6 is 15.9 Å². The van der Waals surface area contributed by atoms with Gasteiger partial charge in [-0.25, -0.2) is 0 Å². The summed E-state index contributed by atoms with van der Waals surface area (Å²) in [6.45, 7) is 4.00. The van der Waals surface area contributed by atoms with E-state index in [2.05, 4.69) is 21.2 Å². The number of hydrogen-bond donors (Lipinski definition) is 2. The predicted molar refractivity (Wildman–Crippen MR) is 85.6 cm³/mol. The fourth-order valence-electron chi connectivity index (χ4n) is 1.93. The molecule has 4 heteroatoms. The first kappa shape index (κ1) is 14.6. The van der Waals surface area contributed by atoms with Gasteiger partial charge in [-0.05, 0) is 53.5 Å². The first-order valence-corrected chi connectivity index (χ1v) is 7.19. The summed E-state index contributed by atoms with van der Waals surface area (Å²) in [6, 6.07) is 13.3. The number of benzene rings is 2. The minimum Gasteiger partial charge on any atom is -0.399 e. The molecule has 3 nitrogen and oxygen atoms in total. The Kier molecular flexibility index (Phi) is 4.45. The summed E-state index contributed by atoms with van der Waals surface area (Å²) in [5, 5.41) is 2.98. The maximum atomic E-state index is 12.3. The second kappa shape index (κ2) is 6.09. The lowest BCUT2D eigenvalue weighted by molar-refractivity contribution is 0.0939. The van der Waals surface area contributed by atoms with Crippen molar-refractivity contribution in [2.45, 2.75) is 19.9 Å². The Bertz CT molecular complexity index is 623. The van der Waals surface area contributed by atoms with Crippen molar-refractivity contribution >= 4 is 27.5 Å². The number of nitrogen functional groups attached to an aromatic ring is 1. The van der Waals surface area contributed by atoms with E-state index in [1.807, 2.05) is 38.1 Å². The molecule has 0 aliphatic rings. The van der Waals surface area contributed by atoms with E-state index in [1.165, 1.54) is 5.56 Å². The van der Waals surface area contributed by atoms with E-state index < -0.39 is 0 Å². The van der Waals surface area contributed by atoms with E-state index in [9.17, 15) is 4.79 Å². The summed E-state index contributed by atoms with van der Waals surface area (Å²) in [7, 11) is 0. The molecule has 20 heavy (non-hydrogen) atoms. The van der Waals surface area contributed by atoms with Gasteiger partial charge in [0, 0.05) is 10.2 Å². The first-order valence-electron chi connectivity index (χ1n) is 6.40. The molecule has 1 atom stereocenters. The van der Waals surface area contributed by atoms with E-state index in [1.54, 1.807) is 18.2 Å². The van der Waals surface area contributed by atoms with Crippen molar-refractivity contribution in [1.29, 1.82) is 0 Å². The van der Waals surface area contributed by atoms with E-state index in [0.717, 1.165) is 10.0 Å². The Labute approximate surface area is 127 Å². The Morgan fingerprint density at radius 1 is 1.20 bits per heavy atom. The molecule has 0 unspecified atom stereocenters. The van der Waals surface area contributed by atoms with Gasteiger partial charge in [0.15, 0.2) is 0 Å². The SMILES string of the molecule is Cc1ccc([C@H](C)NC(=O)c2cc(N)ccc2Br)cc1. The number of carbonyl (C=O) groups is 1. The number of halogens is 1. The fourth-order valence-corrected chi connectivity index (χ4v) is 2.36. The molecular formula is C16H17BrN2O. The highest BCUT2D eigenvalue weighted by atomic mass is 79.9. The second-order valence-electron chi connectivity index (χ2n) is 4.85. The molecule has 0 aromatic heterocycles. The molecule has 0 radical (unpaired) electrons. The third-order valence-electron chi connectivity index (χ3n) is 3.16. The van der Waals surface area contributed by atoms with Gasteiger partial charge < -0.3 is 11.1 Å². The van der Waals surface area contributed by atoms with Gasteiger partial charge in [-0.15, -0.1) is 0 Å². The molecule has 3 N–H and O–H groups in total. The fraction of sp³-hybridized carbons (Fsp3) is 0.188. The zero-order chi connectivity index (χ0) is 14.7. The molecule has 0 heterocycles. The van der Waals surface area contributed by atoms with Gasteiger partial charge in [-0.1, -0.05) is 29.8 Å². The molecule has 2 rings (SSSR count). The van der Waals surface area contributed by atoms with Gasteiger partial charge in [0.2, 0.25) is 0 Å². The predicted octanol–water partition coefficient (Wildman–Crippen LogP) is 3.83.